The van der Waals surface area contributed by atoms with Crippen molar-refractivity contribution in [3.8, 4) is 0 Å². The normalized spacial score (nSPS) is 22.1. The van der Waals surface area contributed by atoms with E-state index in [2.05, 4.69) is 9.88 Å². The molecule has 0 bridgehead atoms. The quantitative estimate of drug-likeness (QED) is 0.800. The van der Waals surface area contributed by atoms with Crippen LogP contribution in [0.3, 0.4) is 0 Å². The summed E-state index contributed by atoms with van der Waals surface area (Å²) >= 11 is 0. The number of aromatic nitrogens is 1. The average Bonchev–Trinajstić information content (AvgIpc) is 2.71. The molecule has 1 aliphatic rings. The Bertz CT molecular complexity index is 386. The van der Waals surface area contributed by atoms with Gasteiger partial charge < -0.3 is 9.52 Å². The molecule has 1 aromatic rings. The van der Waals surface area contributed by atoms with Gasteiger partial charge in [-0.1, -0.05) is 0 Å². The molecule has 0 aliphatic carbocycles. The van der Waals surface area contributed by atoms with E-state index in [0.717, 1.165) is 25.1 Å². The Morgan fingerprint density at radius 2 is 2.40 bits per heavy atom. The number of hydrogen-bond donors (Lipinski definition) is 1. The molecule has 2 heterocycles. The minimum atomic E-state index is -1.11. The maximum atomic E-state index is 10.7. The molecule has 2 rings (SSSR count). The molecule has 1 N–H and O–H groups in total. The summed E-state index contributed by atoms with van der Waals surface area (Å²) in [5, 5.41) is 8.76. The average molecular weight is 210 g/mol. The fourth-order valence-corrected chi connectivity index (χ4v) is 2.06. The Kier molecular flexibility index (Phi) is 2.48. The Balaban J connectivity index is 2.31. The zero-order valence-electron chi connectivity index (χ0n) is 8.86. The van der Waals surface area contributed by atoms with Gasteiger partial charge in [0.15, 0.2) is 0 Å². The second-order valence-electron chi connectivity index (χ2n) is 3.90. The van der Waals surface area contributed by atoms with Gasteiger partial charge in [0.25, 0.3) is 0 Å². The lowest BCUT2D eigenvalue weighted by Crippen LogP contribution is -2.18. The summed E-state index contributed by atoms with van der Waals surface area (Å²) in [5.74, 6) is -0.695. The fraction of sp³-hybridized carbons (Fsp3) is 0.600. The predicted octanol–water partition coefficient (Wildman–Crippen LogP) is 1.45. The highest BCUT2D eigenvalue weighted by Gasteiger charge is 2.28. The van der Waals surface area contributed by atoms with Crippen LogP contribution in [-0.4, -0.2) is 34.6 Å². The van der Waals surface area contributed by atoms with Crippen LogP contribution in [0.4, 0.5) is 0 Å². The van der Waals surface area contributed by atoms with Gasteiger partial charge in [-0.3, -0.25) is 4.90 Å². The molecule has 1 saturated heterocycles. The molecule has 0 saturated carbocycles. The summed E-state index contributed by atoms with van der Waals surface area (Å²) in [5.41, 5.74) is 0.771. The van der Waals surface area contributed by atoms with E-state index in [1.807, 2.05) is 7.05 Å². The molecule has 1 aromatic heterocycles. The van der Waals surface area contributed by atoms with E-state index in [-0.39, 0.29) is 11.9 Å². The Morgan fingerprint density at radius 3 is 2.87 bits per heavy atom. The molecule has 1 unspecified atom stereocenters. The van der Waals surface area contributed by atoms with Crippen molar-refractivity contribution in [1.29, 1.82) is 0 Å². The smallest absolute Gasteiger partial charge is 0.392 e. The monoisotopic (exact) mass is 210 g/mol. The molecule has 0 aromatic carbocycles. The van der Waals surface area contributed by atoms with Gasteiger partial charge in [0, 0.05) is 0 Å². The van der Waals surface area contributed by atoms with Crippen LogP contribution in [0.15, 0.2) is 4.42 Å². The fourth-order valence-electron chi connectivity index (χ4n) is 2.06. The summed E-state index contributed by atoms with van der Waals surface area (Å²) in [4.78, 5) is 16.9. The van der Waals surface area contributed by atoms with E-state index in [1.165, 1.54) is 0 Å². The van der Waals surface area contributed by atoms with Crippen LogP contribution in [0.2, 0.25) is 0 Å². The number of carboxylic acid groups (broad SMARTS) is 1. The molecule has 5 heteroatoms. The lowest BCUT2D eigenvalue weighted by molar-refractivity contribution is 0.0652. The van der Waals surface area contributed by atoms with Crippen molar-refractivity contribution in [2.24, 2.45) is 0 Å². The number of carboxylic acids is 1. The third kappa shape index (κ3) is 1.74. The Morgan fingerprint density at radius 1 is 1.67 bits per heavy atom. The van der Waals surface area contributed by atoms with Gasteiger partial charge >= 0.3 is 11.9 Å². The summed E-state index contributed by atoms with van der Waals surface area (Å²) in [7, 11) is 2.02. The van der Waals surface area contributed by atoms with Crippen LogP contribution in [0.25, 0.3) is 0 Å². The minimum absolute atomic E-state index is 0.206. The van der Waals surface area contributed by atoms with Crippen LogP contribution >= 0.6 is 0 Å². The molecular formula is C10H14N2O3. The van der Waals surface area contributed by atoms with Crippen LogP contribution in [0.5, 0.6) is 0 Å². The standard InChI is InChI=1S/C10H14N2O3/c1-6-8(7-4-3-5-12(7)2)11-9(15-6)10(13)14/h7H,3-5H2,1-2H3,(H,13,14). The van der Waals surface area contributed by atoms with Crippen molar-refractivity contribution in [1.82, 2.24) is 9.88 Å². The van der Waals surface area contributed by atoms with Crippen molar-refractivity contribution in [2.75, 3.05) is 13.6 Å². The highest BCUT2D eigenvalue weighted by molar-refractivity contribution is 5.82. The van der Waals surface area contributed by atoms with E-state index in [9.17, 15) is 4.79 Å². The van der Waals surface area contributed by atoms with Gasteiger partial charge in [-0.15, -0.1) is 0 Å². The number of aryl methyl sites for hydroxylation is 1. The van der Waals surface area contributed by atoms with Crippen LogP contribution < -0.4 is 0 Å². The van der Waals surface area contributed by atoms with Gasteiger partial charge in [-0.2, -0.15) is 0 Å². The largest absolute Gasteiger partial charge is 0.474 e. The third-order valence-electron chi connectivity index (χ3n) is 2.85. The molecular weight excluding hydrogens is 196 g/mol. The van der Waals surface area contributed by atoms with Crippen molar-refractivity contribution in [3.63, 3.8) is 0 Å². The minimum Gasteiger partial charge on any atom is -0.474 e. The first-order chi connectivity index (χ1) is 7.09. The number of oxazole rings is 1. The van der Waals surface area contributed by atoms with Crippen molar-refractivity contribution >= 4 is 5.97 Å². The third-order valence-corrected chi connectivity index (χ3v) is 2.85. The summed E-state index contributed by atoms with van der Waals surface area (Å²) < 4.78 is 5.10. The predicted molar refractivity (Wildman–Crippen MR) is 52.8 cm³/mol. The molecule has 0 spiro atoms. The lowest BCUT2D eigenvalue weighted by atomic mass is 10.1. The molecule has 15 heavy (non-hydrogen) atoms. The zero-order valence-corrected chi connectivity index (χ0v) is 8.86. The maximum absolute atomic E-state index is 10.7. The van der Waals surface area contributed by atoms with E-state index < -0.39 is 5.97 Å². The van der Waals surface area contributed by atoms with Crippen LogP contribution in [0, 0.1) is 6.92 Å². The summed E-state index contributed by atoms with van der Waals surface area (Å²) in [6, 6.07) is 0.210. The molecule has 1 atom stereocenters. The molecule has 82 valence electrons. The topological polar surface area (TPSA) is 66.6 Å². The van der Waals surface area contributed by atoms with E-state index in [0.29, 0.717) is 5.76 Å². The Labute approximate surface area is 87.7 Å². The zero-order chi connectivity index (χ0) is 11.0. The lowest BCUT2D eigenvalue weighted by Gasteiger charge is -2.16. The van der Waals surface area contributed by atoms with Crippen LogP contribution in [-0.2, 0) is 0 Å². The molecule has 1 fully saturated rings. The number of aromatic carboxylic acids is 1. The molecule has 5 nitrogen and oxygen atoms in total. The molecule has 0 amide bonds. The maximum Gasteiger partial charge on any atom is 0.392 e. The summed E-state index contributed by atoms with van der Waals surface area (Å²) in [6.07, 6.45) is 2.14. The van der Waals surface area contributed by atoms with Crippen molar-refractivity contribution in [3.05, 3.63) is 17.3 Å². The van der Waals surface area contributed by atoms with Gasteiger partial charge in [-0.25, -0.2) is 9.78 Å². The van der Waals surface area contributed by atoms with Gasteiger partial charge in [-0.05, 0) is 33.4 Å². The molecule has 0 radical (unpaired) electrons. The second kappa shape index (κ2) is 3.66. The van der Waals surface area contributed by atoms with E-state index in [4.69, 9.17) is 9.52 Å². The van der Waals surface area contributed by atoms with Gasteiger partial charge in [0.2, 0.25) is 0 Å². The van der Waals surface area contributed by atoms with E-state index in [1.54, 1.807) is 6.92 Å². The Hall–Kier alpha value is -1.36. The van der Waals surface area contributed by atoms with E-state index >= 15 is 0 Å². The van der Waals surface area contributed by atoms with Gasteiger partial charge in [0.05, 0.1) is 11.7 Å². The SMILES string of the molecule is Cc1oc(C(=O)O)nc1C1CCCN1C. The first-order valence-electron chi connectivity index (χ1n) is 5.00. The van der Waals surface area contributed by atoms with Crippen molar-refractivity contribution < 1.29 is 14.3 Å². The number of likely N-dealkylation sites (tertiary alicyclic amines) is 1. The number of hydrogen-bond acceptors (Lipinski definition) is 4. The summed E-state index contributed by atoms with van der Waals surface area (Å²) in [6.45, 7) is 2.79. The van der Waals surface area contributed by atoms with Crippen molar-refractivity contribution in [2.45, 2.75) is 25.8 Å². The second-order valence-corrected chi connectivity index (χ2v) is 3.90. The number of rotatable bonds is 2. The highest BCUT2D eigenvalue weighted by atomic mass is 16.4. The highest BCUT2D eigenvalue weighted by Crippen LogP contribution is 2.31. The number of nitrogens with zero attached hydrogens (tertiary/aromatic N) is 2. The van der Waals surface area contributed by atoms with Crippen LogP contribution in [0.1, 0.15) is 41.0 Å². The first-order valence-corrected chi connectivity index (χ1v) is 5.00. The van der Waals surface area contributed by atoms with Gasteiger partial charge in [0.1, 0.15) is 5.76 Å². The molecule has 1 aliphatic heterocycles. The first kappa shape index (κ1) is 10.2. The number of carbonyl (C=O) groups is 1.